The average Bonchev–Trinajstić information content (AvgIpc) is 3.16. The van der Waals surface area contributed by atoms with Crippen molar-refractivity contribution in [3.8, 4) is 17.5 Å². The molecule has 1 N–H and O–H groups in total. The van der Waals surface area contributed by atoms with E-state index in [0.717, 1.165) is 41.1 Å². The molecule has 0 aliphatic rings. The van der Waals surface area contributed by atoms with E-state index in [9.17, 15) is 5.26 Å². The summed E-state index contributed by atoms with van der Waals surface area (Å²) in [5.74, 6) is 1.17. The largest absolute Gasteiger partial charge is 0.494 e. The molecule has 0 unspecified atom stereocenters. The lowest BCUT2D eigenvalue weighted by molar-refractivity contribution is 0.340. The first-order valence-electron chi connectivity index (χ1n) is 10.2. The molecule has 0 fully saturated rings. The Morgan fingerprint density at radius 2 is 1.70 bits per heavy atom. The summed E-state index contributed by atoms with van der Waals surface area (Å²) in [6, 6.07) is 24.6. The fraction of sp³-hybridized carbons (Fsp3) is 0.200. The average molecular weight is 396 g/mol. The molecule has 0 aliphatic heterocycles. The molecule has 0 saturated carbocycles. The van der Waals surface area contributed by atoms with Gasteiger partial charge in [-0.05, 0) is 66.9 Å². The summed E-state index contributed by atoms with van der Waals surface area (Å²) in [6.07, 6.45) is 1.04. The molecule has 4 aromatic rings. The molecule has 3 aromatic carbocycles. The molecule has 150 valence electrons. The molecule has 0 amide bonds. The van der Waals surface area contributed by atoms with E-state index in [1.54, 1.807) is 0 Å². The fourth-order valence-electron chi connectivity index (χ4n) is 3.48. The van der Waals surface area contributed by atoms with Crippen LogP contribution in [-0.2, 0) is 13.0 Å². The molecule has 5 heteroatoms. The normalized spacial score (nSPS) is 10.7. The molecule has 0 atom stereocenters. The van der Waals surface area contributed by atoms with Crippen LogP contribution in [0, 0.1) is 11.3 Å². The molecule has 5 nitrogen and oxygen atoms in total. The smallest absolute Gasteiger partial charge is 0.218 e. The minimum atomic E-state index is 0.362. The maximum absolute atomic E-state index is 9.61. The Labute approximate surface area is 176 Å². The van der Waals surface area contributed by atoms with Crippen molar-refractivity contribution in [3.63, 3.8) is 0 Å². The number of anilines is 1. The predicted octanol–water partition coefficient (Wildman–Crippen LogP) is 5.47. The standard InChI is InChI=1S/C25H24N4O/c1-3-18-5-7-19(8-6-18)17-27-20-9-14-24-23(15-20)28-25(16-26)29(24)21-10-12-22(13-11-21)30-4-2/h5-15,27H,3-4,17H2,1-2H3. The van der Waals surface area contributed by atoms with E-state index in [1.807, 2.05) is 54.0 Å². The van der Waals surface area contributed by atoms with Gasteiger partial charge in [-0.25, -0.2) is 4.98 Å². The van der Waals surface area contributed by atoms with Crippen LogP contribution in [0.1, 0.15) is 30.8 Å². The molecule has 0 spiro atoms. The number of nitrogens with one attached hydrogen (secondary N) is 1. The van der Waals surface area contributed by atoms with Crippen molar-refractivity contribution < 1.29 is 4.74 Å². The molecule has 0 bridgehead atoms. The maximum Gasteiger partial charge on any atom is 0.218 e. The van der Waals surface area contributed by atoms with E-state index in [2.05, 4.69) is 47.6 Å². The molecule has 0 saturated heterocycles. The highest BCUT2D eigenvalue weighted by Crippen LogP contribution is 2.25. The van der Waals surface area contributed by atoms with Crippen LogP contribution in [0.25, 0.3) is 16.7 Å². The van der Waals surface area contributed by atoms with E-state index in [0.29, 0.717) is 12.4 Å². The highest BCUT2D eigenvalue weighted by molar-refractivity contribution is 5.82. The molecule has 0 radical (unpaired) electrons. The summed E-state index contributed by atoms with van der Waals surface area (Å²) in [7, 11) is 0. The van der Waals surface area contributed by atoms with Crippen molar-refractivity contribution in [2.24, 2.45) is 0 Å². The molecule has 1 heterocycles. The lowest BCUT2D eigenvalue weighted by Gasteiger charge is -2.09. The molecule has 0 aliphatic carbocycles. The van der Waals surface area contributed by atoms with Crippen molar-refractivity contribution >= 4 is 16.7 Å². The minimum Gasteiger partial charge on any atom is -0.494 e. The lowest BCUT2D eigenvalue weighted by Crippen LogP contribution is -2.00. The Hall–Kier alpha value is -3.78. The third-order valence-electron chi connectivity index (χ3n) is 5.09. The molecule has 1 aromatic heterocycles. The summed E-state index contributed by atoms with van der Waals surface area (Å²) < 4.78 is 7.39. The second kappa shape index (κ2) is 8.71. The van der Waals surface area contributed by atoms with Crippen LogP contribution in [0.3, 0.4) is 0 Å². The minimum absolute atomic E-state index is 0.362. The first kappa shape index (κ1) is 19.5. The van der Waals surface area contributed by atoms with Gasteiger partial charge in [-0.2, -0.15) is 5.26 Å². The first-order chi connectivity index (χ1) is 14.7. The van der Waals surface area contributed by atoms with Gasteiger partial charge in [-0.1, -0.05) is 31.2 Å². The summed E-state index contributed by atoms with van der Waals surface area (Å²) >= 11 is 0. The zero-order valence-corrected chi connectivity index (χ0v) is 17.2. The Morgan fingerprint density at radius 3 is 2.37 bits per heavy atom. The van der Waals surface area contributed by atoms with Gasteiger partial charge in [0.1, 0.15) is 11.8 Å². The number of nitrogens with zero attached hydrogens (tertiary/aromatic N) is 3. The van der Waals surface area contributed by atoms with Crippen LogP contribution in [-0.4, -0.2) is 16.2 Å². The fourth-order valence-corrected chi connectivity index (χ4v) is 3.48. The Morgan fingerprint density at radius 1 is 0.967 bits per heavy atom. The van der Waals surface area contributed by atoms with E-state index in [-0.39, 0.29) is 0 Å². The van der Waals surface area contributed by atoms with Crippen LogP contribution >= 0.6 is 0 Å². The maximum atomic E-state index is 9.61. The van der Waals surface area contributed by atoms with Crippen LogP contribution in [0.5, 0.6) is 5.75 Å². The number of ether oxygens (including phenoxy) is 1. The summed E-state index contributed by atoms with van der Waals surface area (Å²) in [5, 5.41) is 13.1. The number of hydrogen-bond acceptors (Lipinski definition) is 4. The van der Waals surface area contributed by atoms with Gasteiger partial charge in [-0.15, -0.1) is 0 Å². The van der Waals surface area contributed by atoms with Gasteiger partial charge in [0.25, 0.3) is 0 Å². The second-order valence-corrected chi connectivity index (χ2v) is 7.04. The monoisotopic (exact) mass is 396 g/mol. The van der Waals surface area contributed by atoms with Crippen LogP contribution in [0.4, 0.5) is 5.69 Å². The highest BCUT2D eigenvalue weighted by Gasteiger charge is 2.13. The Balaban J connectivity index is 1.59. The number of aryl methyl sites for hydroxylation is 1. The van der Waals surface area contributed by atoms with Crippen molar-refractivity contribution in [3.05, 3.63) is 83.7 Å². The van der Waals surface area contributed by atoms with Crippen LogP contribution in [0.2, 0.25) is 0 Å². The summed E-state index contributed by atoms with van der Waals surface area (Å²) in [5.41, 5.74) is 6.10. The van der Waals surface area contributed by atoms with Crippen LogP contribution < -0.4 is 10.1 Å². The van der Waals surface area contributed by atoms with E-state index < -0.39 is 0 Å². The topological polar surface area (TPSA) is 62.9 Å². The number of aromatic nitrogens is 2. The van der Waals surface area contributed by atoms with Gasteiger partial charge >= 0.3 is 0 Å². The Kier molecular flexibility index (Phi) is 5.67. The Bertz CT molecular complexity index is 1190. The lowest BCUT2D eigenvalue weighted by atomic mass is 10.1. The second-order valence-electron chi connectivity index (χ2n) is 7.04. The van der Waals surface area contributed by atoms with Crippen molar-refractivity contribution in [1.82, 2.24) is 9.55 Å². The van der Waals surface area contributed by atoms with Gasteiger partial charge in [0.15, 0.2) is 0 Å². The number of benzene rings is 3. The highest BCUT2D eigenvalue weighted by atomic mass is 16.5. The predicted molar refractivity (Wildman–Crippen MR) is 120 cm³/mol. The molecule has 4 rings (SSSR count). The quantitative estimate of drug-likeness (QED) is 0.450. The van der Waals surface area contributed by atoms with Gasteiger partial charge in [0.05, 0.1) is 17.6 Å². The molecular formula is C25H24N4O. The third kappa shape index (κ3) is 3.99. The first-order valence-corrected chi connectivity index (χ1v) is 10.2. The van der Waals surface area contributed by atoms with Crippen LogP contribution in [0.15, 0.2) is 66.7 Å². The number of imidazole rings is 1. The number of fused-ring (bicyclic) bond motifs is 1. The summed E-state index contributed by atoms with van der Waals surface area (Å²) in [4.78, 5) is 4.54. The summed E-state index contributed by atoms with van der Waals surface area (Å²) in [6.45, 7) is 5.47. The molecular weight excluding hydrogens is 372 g/mol. The number of rotatable bonds is 7. The van der Waals surface area contributed by atoms with Crippen molar-refractivity contribution in [2.45, 2.75) is 26.8 Å². The number of nitriles is 1. The van der Waals surface area contributed by atoms with E-state index in [1.165, 1.54) is 11.1 Å². The van der Waals surface area contributed by atoms with E-state index >= 15 is 0 Å². The van der Waals surface area contributed by atoms with Crippen molar-refractivity contribution in [1.29, 1.82) is 5.26 Å². The van der Waals surface area contributed by atoms with E-state index in [4.69, 9.17) is 4.74 Å². The third-order valence-corrected chi connectivity index (χ3v) is 5.09. The zero-order valence-electron chi connectivity index (χ0n) is 17.2. The molecule has 30 heavy (non-hydrogen) atoms. The van der Waals surface area contributed by atoms with Gasteiger partial charge in [0, 0.05) is 17.9 Å². The van der Waals surface area contributed by atoms with Gasteiger partial charge in [-0.3, -0.25) is 4.57 Å². The zero-order chi connectivity index (χ0) is 20.9. The van der Waals surface area contributed by atoms with Gasteiger partial charge in [0.2, 0.25) is 5.82 Å². The van der Waals surface area contributed by atoms with Gasteiger partial charge < -0.3 is 10.1 Å². The van der Waals surface area contributed by atoms with Crippen molar-refractivity contribution in [2.75, 3.05) is 11.9 Å². The SMILES string of the molecule is CCOc1ccc(-n2c(C#N)nc3cc(NCc4ccc(CC)cc4)ccc32)cc1. The number of hydrogen-bond donors (Lipinski definition) is 1.